The summed E-state index contributed by atoms with van der Waals surface area (Å²) in [5.41, 5.74) is 15.0. The minimum absolute atomic E-state index is 1.08. The zero-order valence-corrected chi connectivity index (χ0v) is 31.2. The fraction of sp³-hybridized carbons (Fsp3) is 0. The van der Waals surface area contributed by atoms with E-state index in [0.29, 0.717) is 0 Å². The number of hydrogen-bond acceptors (Lipinski definition) is 1. The van der Waals surface area contributed by atoms with E-state index in [1.54, 1.807) is 0 Å². The van der Waals surface area contributed by atoms with Crippen LogP contribution in [0.3, 0.4) is 0 Å². The lowest BCUT2D eigenvalue weighted by Gasteiger charge is -2.27. The van der Waals surface area contributed by atoms with Crippen molar-refractivity contribution in [1.82, 2.24) is 9.13 Å². The van der Waals surface area contributed by atoms with Gasteiger partial charge in [-0.3, -0.25) is 0 Å². The maximum Gasteiger partial charge on any atom is 0.0782 e. The summed E-state index contributed by atoms with van der Waals surface area (Å²) in [4.78, 5) is 2.45. The molecule has 0 aliphatic carbocycles. The third-order valence-corrected chi connectivity index (χ3v) is 11.3. The SMILES string of the molecule is c1ccc(-c2ccc(N(c3ccc4c(c3)c3c(-c5ccccc5)cccc3n4-c3ccccc3)c3cccc4c5ccccc5n(-c5ccccc5)c34)cc2)cc1. The second-order valence-corrected chi connectivity index (χ2v) is 14.5. The minimum atomic E-state index is 1.08. The molecule has 3 heteroatoms. The van der Waals surface area contributed by atoms with Gasteiger partial charge in [0.15, 0.2) is 0 Å². The zero-order chi connectivity index (χ0) is 37.7. The fourth-order valence-corrected chi connectivity index (χ4v) is 8.80. The second kappa shape index (κ2) is 13.6. The Morgan fingerprint density at radius 1 is 0.316 bits per heavy atom. The van der Waals surface area contributed by atoms with E-state index in [1.165, 1.54) is 60.3 Å². The Balaban J connectivity index is 1.22. The van der Waals surface area contributed by atoms with Crippen LogP contribution in [0.15, 0.2) is 224 Å². The van der Waals surface area contributed by atoms with Gasteiger partial charge in [0.2, 0.25) is 0 Å². The number of fused-ring (bicyclic) bond motifs is 6. The van der Waals surface area contributed by atoms with E-state index in [-0.39, 0.29) is 0 Å². The van der Waals surface area contributed by atoms with Gasteiger partial charge in [-0.05, 0) is 95.1 Å². The Bertz CT molecular complexity index is 3200. The van der Waals surface area contributed by atoms with E-state index >= 15 is 0 Å². The molecule has 3 nitrogen and oxygen atoms in total. The Kier molecular flexibility index (Phi) is 7.82. The lowest BCUT2D eigenvalue weighted by atomic mass is 9.99. The predicted molar refractivity (Wildman–Crippen MR) is 241 cm³/mol. The second-order valence-electron chi connectivity index (χ2n) is 14.5. The smallest absolute Gasteiger partial charge is 0.0782 e. The van der Waals surface area contributed by atoms with E-state index in [0.717, 1.165) is 34.0 Å². The highest BCUT2D eigenvalue weighted by atomic mass is 15.2. The molecule has 0 fully saturated rings. The van der Waals surface area contributed by atoms with E-state index in [1.807, 2.05) is 0 Å². The van der Waals surface area contributed by atoms with Crippen LogP contribution >= 0.6 is 0 Å². The maximum absolute atomic E-state index is 2.45. The van der Waals surface area contributed by atoms with Gasteiger partial charge in [-0.25, -0.2) is 0 Å². The molecule has 11 rings (SSSR count). The summed E-state index contributed by atoms with van der Waals surface area (Å²) in [6.07, 6.45) is 0. The molecule has 11 aromatic rings. The van der Waals surface area contributed by atoms with Crippen LogP contribution in [0, 0.1) is 0 Å². The number of aromatic nitrogens is 2. The summed E-state index contributed by atoms with van der Waals surface area (Å²) >= 11 is 0. The van der Waals surface area contributed by atoms with Gasteiger partial charge in [-0.1, -0.05) is 152 Å². The van der Waals surface area contributed by atoms with Crippen LogP contribution in [0.5, 0.6) is 0 Å². The summed E-state index contributed by atoms with van der Waals surface area (Å²) in [5, 5.41) is 4.88. The maximum atomic E-state index is 2.45. The average Bonchev–Trinajstić information content (AvgIpc) is 3.81. The van der Waals surface area contributed by atoms with Gasteiger partial charge in [-0.2, -0.15) is 0 Å². The first-order valence-corrected chi connectivity index (χ1v) is 19.5. The average molecular weight is 728 g/mol. The summed E-state index contributed by atoms with van der Waals surface area (Å²) in [6, 6.07) is 81.1. The number of nitrogens with zero attached hydrogens (tertiary/aromatic N) is 3. The number of rotatable bonds is 7. The fourth-order valence-electron chi connectivity index (χ4n) is 8.80. The van der Waals surface area contributed by atoms with Crippen molar-refractivity contribution in [3.63, 3.8) is 0 Å². The van der Waals surface area contributed by atoms with Crippen LogP contribution in [-0.2, 0) is 0 Å². The van der Waals surface area contributed by atoms with Gasteiger partial charge in [0.1, 0.15) is 0 Å². The third-order valence-electron chi connectivity index (χ3n) is 11.3. The minimum Gasteiger partial charge on any atom is -0.309 e. The largest absolute Gasteiger partial charge is 0.309 e. The molecule has 0 radical (unpaired) electrons. The molecule has 57 heavy (non-hydrogen) atoms. The van der Waals surface area contributed by atoms with Crippen molar-refractivity contribution < 1.29 is 0 Å². The molecule has 0 bridgehead atoms. The van der Waals surface area contributed by atoms with Crippen LogP contribution in [0.1, 0.15) is 0 Å². The highest BCUT2D eigenvalue weighted by Crippen LogP contribution is 2.46. The summed E-state index contributed by atoms with van der Waals surface area (Å²) < 4.78 is 4.84. The lowest BCUT2D eigenvalue weighted by Crippen LogP contribution is -2.11. The van der Waals surface area contributed by atoms with Crippen LogP contribution < -0.4 is 4.90 Å². The number of para-hydroxylation sites is 4. The quantitative estimate of drug-likeness (QED) is 0.159. The van der Waals surface area contributed by atoms with Crippen molar-refractivity contribution in [3.05, 3.63) is 224 Å². The van der Waals surface area contributed by atoms with Crippen molar-refractivity contribution in [1.29, 1.82) is 0 Å². The van der Waals surface area contributed by atoms with Crippen molar-refractivity contribution in [2.75, 3.05) is 4.90 Å². The van der Waals surface area contributed by atoms with Gasteiger partial charge >= 0.3 is 0 Å². The Labute approximate surface area is 331 Å². The Morgan fingerprint density at radius 3 is 1.56 bits per heavy atom. The molecule has 0 saturated heterocycles. The highest BCUT2D eigenvalue weighted by molar-refractivity contribution is 6.18. The molecular weight excluding hydrogens is 691 g/mol. The predicted octanol–water partition coefficient (Wildman–Crippen LogP) is 14.7. The molecule has 268 valence electrons. The molecule has 9 aromatic carbocycles. The Hall–Kier alpha value is -7.62. The molecule has 0 spiro atoms. The highest BCUT2D eigenvalue weighted by Gasteiger charge is 2.23. The number of benzene rings is 9. The van der Waals surface area contributed by atoms with Crippen LogP contribution in [-0.4, -0.2) is 9.13 Å². The standard InChI is InChI=1S/C54H37N3/c1-5-17-38(18-6-1)39-31-33-43(34-32-39)55(52-30-16-27-47-46-25-13-14-28-49(46)57(54(47)52)42-23-11-4-12-24-42)44-35-36-50-48(37-44)53-45(40-19-7-2-8-20-40)26-15-29-51(53)56(50)41-21-9-3-10-22-41/h1-37H. The number of hydrogen-bond donors (Lipinski definition) is 0. The van der Waals surface area contributed by atoms with Gasteiger partial charge < -0.3 is 14.0 Å². The molecular formula is C54H37N3. The lowest BCUT2D eigenvalue weighted by molar-refractivity contribution is 1.16. The van der Waals surface area contributed by atoms with E-state index < -0.39 is 0 Å². The first kappa shape index (κ1) is 32.8. The zero-order valence-electron chi connectivity index (χ0n) is 31.2. The van der Waals surface area contributed by atoms with Crippen molar-refractivity contribution in [3.8, 4) is 33.6 Å². The van der Waals surface area contributed by atoms with E-state index in [9.17, 15) is 0 Å². The number of anilines is 3. The molecule has 2 aromatic heterocycles. The molecule has 0 amide bonds. The van der Waals surface area contributed by atoms with Gasteiger partial charge in [-0.15, -0.1) is 0 Å². The summed E-state index contributed by atoms with van der Waals surface area (Å²) in [6.45, 7) is 0. The molecule has 0 saturated carbocycles. The first-order chi connectivity index (χ1) is 28.3. The molecule has 0 atom stereocenters. The molecule has 0 aliphatic heterocycles. The van der Waals surface area contributed by atoms with Crippen molar-refractivity contribution in [2.24, 2.45) is 0 Å². The van der Waals surface area contributed by atoms with Gasteiger partial charge in [0, 0.05) is 44.3 Å². The molecule has 0 N–H and O–H groups in total. The summed E-state index contributed by atoms with van der Waals surface area (Å²) in [7, 11) is 0. The van der Waals surface area contributed by atoms with E-state index in [4.69, 9.17) is 0 Å². The van der Waals surface area contributed by atoms with Crippen molar-refractivity contribution >= 4 is 60.7 Å². The summed E-state index contributed by atoms with van der Waals surface area (Å²) in [5.74, 6) is 0. The van der Waals surface area contributed by atoms with Crippen LogP contribution in [0.4, 0.5) is 17.1 Å². The molecule has 0 aliphatic rings. The van der Waals surface area contributed by atoms with E-state index in [2.05, 4.69) is 238 Å². The van der Waals surface area contributed by atoms with Crippen LogP contribution in [0.2, 0.25) is 0 Å². The monoisotopic (exact) mass is 727 g/mol. The van der Waals surface area contributed by atoms with Crippen molar-refractivity contribution in [2.45, 2.75) is 0 Å². The molecule has 0 unspecified atom stereocenters. The third kappa shape index (κ3) is 5.43. The molecule has 2 heterocycles. The normalized spacial score (nSPS) is 11.5. The van der Waals surface area contributed by atoms with Crippen LogP contribution in [0.25, 0.3) is 77.2 Å². The first-order valence-electron chi connectivity index (χ1n) is 19.5. The Morgan fingerprint density at radius 2 is 0.842 bits per heavy atom. The topological polar surface area (TPSA) is 13.1 Å². The van der Waals surface area contributed by atoms with Gasteiger partial charge in [0.25, 0.3) is 0 Å². The van der Waals surface area contributed by atoms with Gasteiger partial charge in [0.05, 0.1) is 27.8 Å².